The lowest BCUT2D eigenvalue weighted by Crippen LogP contribution is -2.39. The SMILES string of the molecule is CNC(=O)c1c(-c2ccc(F)cc2)oc2cc(N[S@+](C)[O-])c([C@@H]3CCCN(S(=O)(=O)c4ccccc4)C3)cc12. The third-order valence-corrected chi connectivity index (χ3v) is 9.27. The van der Waals surface area contributed by atoms with E-state index in [-0.39, 0.29) is 34.6 Å². The van der Waals surface area contributed by atoms with Gasteiger partial charge in [-0.15, -0.1) is 0 Å². The number of carbonyl (C=O) groups excluding carboxylic acids is 1. The summed E-state index contributed by atoms with van der Waals surface area (Å²) in [6.07, 6.45) is 2.84. The van der Waals surface area contributed by atoms with Crippen molar-refractivity contribution in [3.8, 4) is 11.3 Å². The van der Waals surface area contributed by atoms with Gasteiger partial charge in [-0.3, -0.25) is 4.79 Å². The number of benzene rings is 3. The summed E-state index contributed by atoms with van der Waals surface area (Å²) >= 11 is -1.42. The molecule has 11 heteroatoms. The van der Waals surface area contributed by atoms with Gasteiger partial charge in [-0.25, -0.2) is 17.5 Å². The van der Waals surface area contributed by atoms with Crippen LogP contribution in [0.5, 0.6) is 0 Å². The highest BCUT2D eigenvalue weighted by atomic mass is 32.2. The highest BCUT2D eigenvalue weighted by molar-refractivity contribution is 7.92. The number of amides is 1. The first kappa shape index (κ1) is 27.2. The number of hydrogen-bond acceptors (Lipinski definition) is 6. The highest BCUT2D eigenvalue weighted by Gasteiger charge is 2.33. The molecule has 1 aliphatic rings. The van der Waals surface area contributed by atoms with Crippen LogP contribution in [-0.2, 0) is 21.4 Å². The summed E-state index contributed by atoms with van der Waals surface area (Å²) in [6, 6.07) is 17.5. The number of piperidine rings is 1. The Morgan fingerprint density at radius 1 is 1.13 bits per heavy atom. The first-order chi connectivity index (χ1) is 18.7. The lowest BCUT2D eigenvalue weighted by atomic mass is 9.89. The van der Waals surface area contributed by atoms with E-state index >= 15 is 0 Å². The number of furan rings is 1. The monoisotopic (exact) mass is 569 g/mol. The van der Waals surface area contributed by atoms with Crippen LogP contribution in [0.1, 0.15) is 34.7 Å². The third kappa shape index (κ3) is 5.40. The molecular formula is C28H28FN3O5S2. The van der Waals surface area contributed by atoms with Crippen LogP contribution in [0.3, 0.4) is 0 Å². The van der Waals surface area contributed by atoms with Gasteiger partial charge in [0, 0.05) is 37.2 Å². The molecule has 0 bridgehead atoms. The number of rotatable bonds is 7. The van der Waals surface area contributed by atoms with Crippen molar-refractivity contribution < 1.29 is 26.6 Å². The molecule has 8 nitrogen and oxygen atoms in total. The molecule has 1 fully saturated rings. The standard InChI is InChI=1S/C28H28FN3O5S2/c1-30-28(33)26-23-15-22(19-7-6-14-32(17-19)39(35,36)21-8-4-3-5-9-21)24(31-38(2)34)16-25(23)37-27(26)18-10-12-20(29)13-11-18/h3-5,8-13,15-16,19,31H,6-7,14,17H2,1-2H3,(H,30,33)/t19-,38+/m1/s1. The maximum absolute atomic E-state index is 13.6. The van der Waals surface area contributed by atoms with E-state index in [0.717, 1.165) is 5.56 Å². The molecule has 0 aliphatic carbocycles. The van der Waals surface area contributed by atoms with Gasteiger partial charge in [-0.2, -0.15) is 4.31 Å². The molecule has 4 aromatic rings. The second-order valence-electron chi connectivity index (χ2n) is 9.40. The maximum Gasteiger partial charge on any atom is 0.255 e. The molecule has 5 rings (SSSR count). The summed E-state index contributed by atoms with van der Waals surface area (Å²) in [7, 11) is -2.19. The van der Waals surface area contributed by atoms with Crippen molar-refractivity contribution in [2.45, 2.75) is 23.7 Å². The van der Waals surface area contributed by atoms with Gasteiger partial charge < -0.3 is 14.3 Å². The summed E-state index contributed by atoms with van der Waals surface area (Å²) in [5.41, 5.74) is 2.47. The minimum absolute atomic E-state index is 0.227. The molecule has 2 heterocycles. The molecule has 1 aromatic heterocycles. The Labute approximate surface area is 229 Å². The van der Waals surface area contributed by atoms with E-state index in [4.69, 9.17) is 4.42 Å². The largest absolute Gasteiger partial charge is 0.593 e. The van der Waals surface area contributed by atoms with Gasteiger partial charge in [-0.05, 0) is 66.8 Å². The number of nitrogens with one attached hydrogen (secondary N) is 2. The Morgan fingerprint density at radius 3 is 2.51 bits per heavy atom. The van der Waals surface area contributed by atoms with Gasteiger partial charge in [0.1, 0.15) is 23.4 Å². The van der Waals surface area contributed by atoms with Gasteiger partial charge in [-0.1, -0.05) is 18.2 Å². The fraction of sp³-hybridized carbons (Fsp3) is 0.250. The molecule has 0 saturated carbocycles. The van der Waals surface area contributed by atoms with E-state index < -0.39 is 27.2 Å². The van der Waals surface area contributed by atoms with Crippen LogP contribution >= 0.6 is 0 Å². The Balaban J connectivity index is 1.63. The van der Waals surface area contributed by atoms with Crippen LogP contribution in [0.2, 0.25) is 0 Å². The Morgan fingerprint density at radius 2 is 1.85 bits per heavy atom. The molecule has 3 aromatic carbocycles. The number of nitrogens with zero attached hydrogens (tertiary/aromatic N) is 1. The van der Waals surface area contributed by atoms with Crippen molar-refractivity contribution in [2.24, 2.45) is 0 Å². The van der Waals surface area contributed by atoms with Crippen molar-refractivity contribution in [2.75, 3.05) is 31.1 Å². The number of carbonyl (C=O) groups is 1. The van der Waals surface area contributed by atoms with Crippen LogP contribution in [0.15, 0.2) is 76.0 Å². The average Bonchev–Trinajstić information content (AvgIpc) is 3.31. The predicted molar refractivity (Wildman–Crippen MR) is 150 cm³/mol. The smallest absolute Gasteiger partial charge is 0.255 e. The van der Waals surface area contributed by atoms with Crippen LogP contribution in [-0.4, -0.2) is 49.6 Å². The summed E-state index contributed by atoms with van der Waals surface area (Å²) in [4.78, 5) is 13.3. The van der Waals surface area contributed by atoms with E-state index in [0.29, 0.717) is 41.6 Å². The number of fused-ring (bicyclic) bond motifs is 1. The lowest BCUT2D eigenvalue weighted by Gasteiger charge is -2.33. The zero-order valence-corrected chi connectivity index (χ0v) is 23.1. The molecule has 1 aliphatic heterocycles. The van der Waals surface area contributed by atoms with Gasteiger partial charge in [0.25, 0.3) is 5.91 Å². The van der Waals surface area contributed by atoms with Gasteiger partial charge in [0.05, 0.1) is 27.5 Å². The summed E-state index contributed by atoms with van der Waals surface area (Å²) in [5, 5.41) is 3.17. The molecular weight excluding hydrogens is 541 g/mol. The van der Waals surface area contributed by atoms with Crippen LogP contribution in [0.4, 0.5) is 10.1 Å². The van der Waals surface area contributed by atoms with E-state index in [2.05, 4.69) is 10.0 Å². The molecule has 204 valence electrons. The van der Waals surface area contributed by atoms with Crippen molar-refractivity contribution in [1.29, 1.82) is 0 Å². The Hall–Kier alpha value is -3.38. The Bertz CT molecular complexity index is 1610. The second kappa shape index (κ2) is 11.0. The average molecular weight is 570 g/mol. The van der Waals surface area contributed by atoms with Crippen LogP contribution in [0.25, 0.3) is 22.3 Å². The molecule has 2 N–H and O–H groups in total. The van der Waals surface area contributed by atoms with Crippen LogP contribution < -0.4 is 10.0 Å². The third-order valence-electron chi connectivity index (χ3n) is 6.88. The molecule has 0 radical (unpaired) electrons. The summed E-state index contributed by atoms with van der Waals surface area (Å²) in [6.45, 7) is 0.619. The van der Waals surface area contributed by atoms with E-state index in [1.165, 1.54) is 41.9 Å². The zero-order valence-electron chi connectivity index (χ0n) is 21.4. The molecule has 0 spiro atoms. The number of halogens is 1. The van der Waals surface area contributed by atoms with Gasteiger partial charge in [0.2, 0.25) is 10.0 Å². The molecule has 39 heavy (non-hydrogen) atoms. The van der Waals surface area contributed by atoms with Gasteiger partial charge in [0.15, 0.2) is 0 Å². The van der Waals surface area contributed by atoms with Crippen LogP contribution in [0, 0.1) is 5.82 Å². The summed E-state index contributed by atoms with van der Waals surface area (Å²) < 4.78 is 63.1. The molecule has 1 saturated heterocycles. The fourth-order valence-electron chi connectivity index (χ4n) is 5.05. The Kier molecular flexibility index (Phi) is 7.68. The second-order valence-corrected chi connectivity index (χ2v) is 12.4. The van der Waals surface area contributed by atoms with Gasteiger partial charge >= 0.3 is 0 Å². The number of sulfonamides is 1. The predicted octanol–water partition coefficient (Wildman–Crippen LogP) is 4.87. The van der Waals surface area contributed by atoms with E-state index in [1.807, 2.05) is 6.07 Å². The van der Waals surface area contributed by atoms with Crippen molar-refractivity contribution in [1.82, 2.24) is 9.62 Å². The normalized spacial score (nSPS) is 17.2. The first-order valence-corrected chi connectivity index (χ1v) is 15.4. The van der Waals surface area contributed by atoms with Crippen molar-refractivity contribution >= 4 is 43.9 Å². The first-order valence-electron chi connectivity index (χ1n) is 12.4. The quantitative estimate of drug-likeness (QED) is 0.307. The number of hydrogen-bond donors (Lipinski definition) is 2. The van der Waals surface area contributed by atoms with E-state index in [9.17, 15) is 22.2 Å². The maximum atomic E-state index is 13.6. The van der Waals surface area contributed by atoms with E-state index in [1.54, 1.807) is 36.4 Å². The minimum Gasteiger partial charge on any atom is -0.593 e. The van der Waals surface area contributed by atoms with Crippen molar-refractivity contribution in [3.63, 3.8) is 0 Å². The lowest BCUT2D eigenvalue weighted by molar-refractivity contribution is 0.0964. The molecule has 2 atom stereocenters. The zero-order chi connectivity index (χ0) is 27.7. The molecule has 1 amide bonds. The minimum atomic E-state index is -3.70. The topological polar surface area (TPSA) is 115 Å². The fourth-order valence-corrected chi connectivity index (χ4v) is 7.08. The highest BCUT2D eigenvalue weighted by Crippen LogP contribution is 2.41. The van der Waals surface area contributed by atoms with Crippen molar-refractivity contribution in [3.05, 3.63) is 83.7 Å². The number of anilines is 1. The molecule has 0 unspecified atom stereocenters. The summed E-state index contributed by atoms with van der Waals surface area (Å²) in [5.74, 6) is -0.741.